The Kier molecular flexibility index (Phi) is 3.29. The number of benzene rings is 1. The molecule has 1 fully saturated rings. The van der Waals surface area contributed by atoms with Gasteiger partial charge in [0.2, 0.25) is 0 Å². The van der Waals surface area contributed by atoms with Crippen LogP contribution in [-0.2, 0) is 6.18 Å². The van der Waals surface area contributed by atoms with Crippen LogP contribution in [0.2, 0.25) is 0 Å². The Labute approximate surface area is 101 Å². The van der Waals surface area contributed by atoms with Crippen LogP contribution in [0.1, 0.15) is 42.7 Å². The van der Waals surface area contributed by atoms with Crippen molar-refractivity contribution in [3.05, 3.63) is 33.8 Å². The molecule has 0 radical (unpaired) electrons. The molecule has 0 amide bonds. The summed E-state index contributed by atoms with van der Waals surface area (Å²) in [5.74, 6) is 0.0877. The van der Waals surface area contributed by atoms with Crippen LogP contribution in [0.5, 0.6) is 0 Å². The zero-order valence-corrected chi connectivity index (χ0v) is 10.2. The van der Waals surface area contributed by atoms with Gasteiger partial charge >= 0.3 is 6.18 Å². The molecule has 0 aliphatic heterocycles. The molecule has 0 aromatic heterocycles. The number of hydrogen-bond donors (Lipinski definition) is 0. The van der Waals surface area contributed by atoms with Crippen LogP contribution < -0.4 is 0 Å². The molecule has 1 aliphatic carbocycles. The lowest BCUT2D eigenvalue weighted by Gasteiger charge is -2.17. The zero-order chi connectivity index (χ0) is 11.8. The molecule has 4 heteroatoms. The Hall–Kier alpha value is -0.510. The Morgan fingerprint density at radius 2 is 1.75 bits per heavy atom. The summed E-state index contributed by atoms with van der Waals surface area (Å²) in [5.41, 5.74) is -0.0121. The Morgan fingerprint density at radius 1 is 1.12 bits per heavy atom. The van der Waals surface area contributed by atoms with Crippen molar-refractivity contribution in [2.45, 2.75) is 37.8 Å². The third-order valence-electron chi connectivity index (χ3n) is 3.12. The summed E-state index contributed by atoms with van der Waals surface area (Å²) >= 11 is 3.10. The van der Waals surface area contributed by atoms with Gasteiger partial charge in [-0.15, -0.1) is 0 Å². The maximum atomic E-state index is 12.9. The minimum atomic E-state index is -4.25. The third kappa shape index (κ3) is 2.42. The molecule has 0 nitrogen and oxygen atoms in total. The Balaban J connectivity index is 2.43. The molecule has 0 heterocycles. The number of alkyl halides is 3. The molecular formula is C12H12BrF3. The minimum absolute atomic E-state index is 0.0877. The summed E-state index contributed by atoms with van der Waals surface area (Å²) in [6.07, 6.45) is -0.410. The first-order chi connectivity index (χ1) is 7.48. The van der Waals surface area contributed by atoms with Gasteiger partial charge in [0.1, 0.15) is 0 Å². The van der Waals surface area contributed by atoms with Crippen LogP contribution in [0.15, 0.2) is 22.7 Å². The molecule has 0 saturated heterocycles. The van der Waals surface area contributed by atoms with Gasteiger partial charge in [0.15, 0.2) is 0 Å². The van der Waals surface area contributed by atoms with E-state index in [0.29, 0.717) is 10.0 Å². The lowest BCUT2D eigenvalue weighted by molar-refractivity contribution is -0.138. The van der Waals surface area contributed by atoms with E-state index in [1.165, 1.54) is 6.07 Å². The van der Waals surface area contributed by atoms with Crippen LogP contribution in [0.25, 0.3) is 0 Å². The van der Waals surface area contributed by atoms with Gasteiger partial charge in [-0.2, -0.15) is 13.2 Å². The standard InChI is InChI=1S/C12H12BrF3/c13-9-5-6-10(8-3-1-2-4-8)11(7-9)12(14,15)16/h5-8H,1-4H2. The second-order valence-electron chi connectivity index (χ2n) is 4.21. The SMILES string of the molecule is FC(F)(F)c1cc(Br)ccc1C1CCCC1. The highest BCUT2D eigenvalue weighted by molar-refractivity contribution is 9.10. The summed E-state index contributed by atoms with van der Waals surface area (Å²) in [6, 6.07) is 4.50. The molecule has 0 bridgehead atoms. The fourth-order valence-electron chi connectivity index (χ4n) is 2.37. The van der Waals surface area contributed by atoms with Crippen molar-refractivity contribution < 1.29 is 13.2 Å². The van der Waals surface area contributed by atoms with Gasteiger partial charge in [-0.3, -0.25) is 0 Å². The monoisotopic (exact) mass is 292 g/mol. The summed E-state index contributed by atoms with van der Waals surface area (Å²) < 4.78 is 39.1. The fourth-order valence-corrected chi connectivity index (χ4v) is 2.73. The second kappa shape index (κ2) is 4.40. The van der Waals surface area contributed by atoms with Crippen LogP contribution in [0, 0.1) is 0 Å². The van der Waals surface area contributed by atoms with Gasteiger partial charge in [-0.05, 0) is 36.5 Å². The average molecular weight is 293 g/mol. The van der Waals surface area contributed by atoms with E-state index in [9.17, 15) is 13.2 Å². The molecule has 2 rings (SSSR count). The van der Waals surface area contributed by atoms with Gasteiger partial charge in [-0.25, -0.2) is 0 Å². The van der Waals surface area contributed by atoms with Crippen LogP contribution >= 0.6 is 15.9 Å². The molecule has 1 saturated carbocycles. The predicted molar refractivity (Wildman–Crippen MR) is 60.4 cm³/mol. The quantitative estimate of drug-likeness (QED) is 0.673. The highest BCUT2D eigenvalue weighted by Crippen LogP contribution is 2.42. The van der Waals surface area contributed by atoms with Gasteiger partial charge in [-0.1, -0.05) is 34.8 Å². The van der Waals surface area contributed by atoms with Crippen molar-refractivity contribution in [1.29, 1.82) is 0 Å². The molecule has 0 N–H and O–H groups in total. The van der Waals surface area contributed by atoms with Gasteiger partial charge < -0.3 is 0 Å². The van der Waals surface area contributed by atoms with Crippen LogP contribution in [0.4, 0.5) is 13.2 Å². The Bertz CT molecular complexity index is 378. The summed E-state index contributed by atoms with van der Waals surface area (Å²) in [7, 11) is 0. The lowest BCUT2D eigenvalue weighted by atomic mass is 9.93. The zero-order valence-electron chi connectivity index (χ0n) is 8.65. The van der Waals surface area contributed by atoms with Crippen molar-refractivity contribution in [1.82, 2.24) is 0 Å². The summed E-state index contributed by atoms with van der Waals surface area (Å²) in [4.78, 5) is 0. The molecule has 1 aromatic rings. The minimum Gasteiger partial charge on any atom is -0.166 e. The van der Waals surface area contributed by atoms with Crippen LogP contribution in [-0.4, -0.2) is 0 Å². The average Bonchev–Trinajstić information content (AvgIpc) is 2.69. The van der Waals surface area contributed by atoms with E-state index < -0.39 is 11.7 Å². The first kappa shape index (κ1) is 12.0. The van der Waals surface area contributed by atoms with Crippen molar-refractivity contribution >= 4 is 15.9 Å². The highest BCUT2D eigenvalue weighted by atomic mass is 79.9. The van der Waals surface area contributed by atoms with Crippen molar-refractivity contribution in [3.8, 4) is 0 Å². The number of halogens is 4. The molecular weight excluding hydrogens is 281 g/mol. The van der Waals surface area contributed by atoms with E-state index in [0.717, 1.165) is 25.7 Å². The highest BCUT2D eigenvalue weighted by Gasteiger charge is 2.35. The maximum Gasteiger partial charge on any atom is 0.416 e. The van der Waals surface area contributed by atoms with Crippen molar-refractivity contribution in [2.24, 2.45) is 0 Å². The normalized spacial score (nSPS) is 18.0. The van der Waals surface area contributed by atoms with Crippen molar-refractivity contribution in [3.63, 3.8) is 0 Å². The van der Waals surface area contributed by atoms with E-state index in [1.807, 2.05) is 0 Å². The van der Waals surface area contributed by atoms with Crippen molar-refractivity contribution in [2.75, 3.05) is 0 Å². The predicted octanol–water partition coefficient (Wildman–Crippen LogP) is 5.13. The summed E-state index contributed by atoms with van der Waals surface area (Å²) in [6.45, 7) is 0. The number of rotatable bonds is 1. The second-order valence-corrected chi connectivity index (χ2v) is 5.13. The topological polar surface area (TPSA) is 0 Å². The molecule has 0 unspecified atom stereocenters. The number of hydrogen-bond acceptors (Lipinski definition) is 0. The molecule has 0 atom stereocenters. The van der Waals surface area contributed by atoms with E-state index in [2.05, 4.69) is 15.9 Å². The molecule has 88 valence electrons. The Morgan fingerprint density at radius 3 is 2.31 bits per heavy atom. The van der Waals surface area contributed by atoms with E-state index in [1.54, 1.807) is 12.1 Å². The van der Waals surface area contributed by atoms with Gasteiger partial charge in [0.05, 0.1) is 5.56 Å². The first-order valence-corrected chi connectivity index (χ1v) is 6.14. The smallest absolute Gasteiger partial charge is 0.166 e. The summed E-state index contributed by atoms with van der Waals surface area (Å²) in [5, 5.41) is 0. The maximum absolute atomic E-state index is 12.9. The van der Waals surface area contributed by atoms with E-state index >= 15 is 0 Å². The third-order valence-corrected chi connectivity index (χ3v) is 3.61. The fraction of sp³-hybridized carbons (Fsp3) is 0.500. The molecule has 1 aromatic carbocycles. The molecule has 0 spiro atoms. The van der Waals surface area contributed by atoms with Gasteiger partial charge in [0, 0.05) is 4.47 Å². The van der Waals surface area contributed by atoms with E-state index in [-0.39, 0.29) is 5.92 Å². The first-order valence-electron chi connectivity index (χ1n) is 5.35. The van der Waals surface area contributed by atoms with E-state index in [4.69, 9.17) is 0 Å². The largest absolute Gasteiger partial charge is 0.416 e. The molecule has 16 heavy (non-hydrogen) atoms. The van der Waals surface area contributed by atoms with Crippen LogP contribution in [0.3, 0.4) is 0 Å². The lowest BCUT2D eigenvalue weighted by Crippen LogP contribution is -2.11. The van der Waals surface area contributed by atoms with Gasteiger partial charge in [0.25, 0.3) is 0 Å². The molecule has 1 aliphatic rings.